The van der Waals surface area contributed by atoms with Crippen LogP contribution in [0.15, 0.2) is 47.4 Å². The fourth-order valence-electron chi connectivity index (χ4n) is 2.24. The third kappa shape index (κ3) is 3.55. The fraction of sp³-hybridized carbons (Fsp3) is 0.176. The number of sulfonamides is 1. The molecule has 26 heavy (non-hydrogen) atoms. The molecule has 136 valence electrons. The summed E-state index contributed by atoms with van der Waals surface area (Å²) in [4.78, 5) is 16.8. The number of fused-ring (bicyclic) bond motifs is 1. The summed E-state index contributed by atoms with van der Waals surface area (Å²) in [6.07, 6.45) is 0. The number of benzene rings is 2. The molecule has 0 aliphatic heterocycles. The first-order chi connectivity index (χ1) is 12.3. The van der Waals surface area contributed by atoms with Crippen LogP contribution >= 0.6 is 11.3 Å². The van der Waals surface area contributed by atoms with E-state index in [9.17, 15) is 13.2 Å². The van der Waals surface area contributed by atoms with Crippen molar-refractivity contribution in [1.82, 2.24) is 9.29 Å². The first-order valence-electron chi connectivity index (χ1n) is 7.60. The van der Waals surface area contributed by atoms with E-state index in [1.165, 1.54) is 31.5 Å². The van der Waals surface area contributed by atoms with Gasteiger partial charge in [-0.1, -0.05) is 11.3 Å². The van der Waals surface area contributed by atoms with Gasteiger partial charge in [-0.3, -0.25) is 10.1 Å². The van der Waals surface area contributed by atoms with Crippen molar-refractivity contribution in [2.24, 2.45) is 0 Å². The summed E-state index contributed by atoms with van der Waals surface area (Å²) in [5.41, 5.74) is 1.10. The van der Waals surface area contributed by atoms with E-state index >= 15 is 0 Å². The van der Waals surface area contributed by atoms with Crippen LogP contribution in [0.25, 0.3) is 10.2 Å². The van der Waals surface area contributed by atoms with E-state index < -0.39 is 10.0 Å². The van der Waals surface area contributed by atoms with Crippen LogP contribution in [0.2, 0.25) is 0 Å². The van der Waals surface area contributed by atoms with Gasteiger partial charge in [-0.25, -0.2) is 17.7 Å². The molecule has 0 atom stereocenters. The summed E-state index contributed by atoms with van der Waals surface area (Å²) in [5.74, 6) is 0.365. The lowest BCUT2D eigenvalue weighted by Gasteiger charge is -2.10. The largest absolute Gasteiger partial charge is 0.497 e. The number of rotatable bonds is 5. The SMILES string of the molecule is COc1ccc(C(=O)Nc2nc3ccc(S(=O)(=O)N(C)C)cc3s2)cc1. The molecule has 1 heterocycles. The average Bonchev–Trinajstić information content (AvgIpc) is 3.02. The number of amides is 1. The second-order valence-corrected chi connectivity index (χ2v) is 8.80. The zero-order valence-electron chi connectivity index (χ0n) is 14.4. The minimum atomic E-state index is -3.52. The summed E-state index contributed by atoms with van der Waals surface area (Å²) in [6.45, 7) is 0. The van der Waals surface area contributed by atoms with E-state index in [2.05, 4.69) is 10.3 Å². The van der Waals surface area contributed by atoms with Gasteiger partial charge in [-0.15, -0.1) is 0 Å². The van der Waals surface area contributed by atoms with Gasteiger partial charge in [-0.05, 0) is 42.5 Å². The molecule has 2 aromatic carbocycles. The number of hydrogen-bond acceptors (Lipinski definition) is 6. The lowest BCUT2D eigenvalue weighted by molar-refractivity contribution is 0.102. The summed E-state index contributed by atoms with van der Waals surface area (Å²) >= 11 is 1.22. The lowest BCUT2D eigenvalue weighted by atomic mass is 10.2. The molecule has 1 amide bonds. The maximum atomic E-state index is 12.3. The monoisotopic (exact) mass is 391 g/mol. The number of methoxy groups -OCH3 is 1. The average molecular weight is 391 g/mol. The first-order valence-corrected chi connectivity index (χ1v) is 9.85. The molecule has 3 aromatic rings. The molecular formula is C17H17N3O4S2. The maximum Gasteiger partial charge on any atom is 0.257 e. The van der Waals surface area contributed by atoms with Crippen molar-refractivity contribution in [2.45, 2.75) is 4.90 Å². The van der Waals surface area contributed by atoms with Crippen LogP contribution in [-0.2, 0) is 10.0 Å². The normalized spacial score (nSPS) is 11.7. The standard InChI is InChI=1S/C17H17N3O4S2/c1-20(2)26(22,23)13-8-9-14-15(10-13)25-17(18-14)19-16(21)11-4-6-12(24-3)7-5-11/h4-10H,1-3H3,(H,18,19,21). The van der Waals surface area contributed by atoms with Crippen molar-refractivity contribution in [2.75, 3.05) is 26.5 Å². The van der Waals surface area contributed by atoms with Gasteiger partial charge in [0.1, 0.15) is 5.75 Å². The minimum Gasteiger partial charge on any atom is -0.497 e. The van der Waals surface area contributed by atoms with Gasteiger partial charge in [0.05, 0.1) is 22.2 Å². The van der Waals surface area contributed by atoms with Gasteiger partial charge >= 0.3 is 0 Å². The molecule has 0 aliphatic carbocycles. The number of nitrogens with one attached hydrogen (secondary N) is 1. The molecule has 7 nitrogen and oxygen atoms in total. The van der Waals surface area contributed by atoms with Crippen LogP contribution in [0.5, 0.6) is 5.75 Å². The second-order valence-electron chi connectivity index (χ2n) is 5.62. The highest BCUT2D eigenvalue weighted by Gasteiger charge is 2.18. The van der Waals surface area contributed by atoms with E-state index in [1.54, 1.807) is 43.5 Å². The Hall–Kier alpha value is -2.49. The Morgan fingerprint density at radius 2 is 1.85 bits per heavy atom. The number of thiazole rings is 1. The van der Waals surface area contributed by atoms with Crippen LogP contribution in [0.1, 0.15) is 10.4 Å². The number of hydrogen-bond donors (Lipinski definition) is 1. The summed E-state index contributed by atoms with van der Waals surface area (Å²) in [6, 6.07) is 11.4. The Balaban J connectivity index is 1.86. The van der Waals surface area contributed by atoms with Crippen molar-refractivity contribution in [3.63, 3.8) is 0 Å². The summed E-state index contributed by atoms with van der Waals surface area (Å²) in [5, 5.41) is 3.14. The van der Waals surface area contributed by atoms with E-state index in [-0.39, 0.29) is 10.8 Å². The van der Waals surface area contributed by atoms with Crippen LogP contribution in [-0.4, -0.2) is 44.8 Å². The molecular weight excluding hydrogens is 374 g/mol. The fourth-order valence-corrected chi connectivity index (χ4v) is 4.14. The first kappa shape index (κ1) is 18.3. The van der Waals surface area contributed by atoms with E-state index in [0.29, 0.717) is 26.7 Å². The Bertz CT molecular complexity index is 1060. The highest BCUT2D eigenvalue weighted by atomic mass is 32.2. The molecule has 0 aliphatic rings. The number of aromatic nitrogens is 1. The molecule has 0 spiro atoms. The molecule has 1 N–H and O–H groups in total. The second kappa shape index (κ2) is 7.02. The van der Waals surface area contributed by atoms with Gasteiger partial charge in [0, 0.05) is 19.7 Å². The maximum absolute atomic E-state index is 12.3. The number of anilines is 1. The van der Waals surface area contributed by atoms with E-state index in [0.717, 1.165) is 4.31 Å². The van der Waals surface area contributed by atoms with Crippen molar-refractivity contribution in [3.8, 4) is 5.75 Å². The molecule has 0 bridgehead atoms. The van der Waals surface area contributed by atoms with Crippen molar-refractivity contribution >= 4 is 42.6 Å². The van der Waals surface area contributed by atoms with Crippen LogP contribution in [0, 0.1) is 0 Å². The molecule has 0 radical (unpaired) electrons. The molecule has 3 rings (SSSR count). The molecule has 9 heteroatoms. The molecule has 1 aromatic heterocycles. The Morgan fingerprint density at radius 3 is 2.46 bits per heavy atom. The number of ether oxygens (including phenoxy) is 1. The summed E-state index contributed by atoms with van der Waals surface area (Å²) in [7, 11) is 0.996. The van der Waals surface area contributed by atoms with Crippen molar-refractivity contribution in [1.29, 1.82) is 0 Å². The smallest absolute Gasteiger partial charge is 0.257 e. The third-order valence-electron chi connectivity index (χ3n) is 3.71. The van der Waals surface area contributed by atoms with Crippen molar-refractivity contribution < 1.29 is 17.9 Å². The quantitative estimate of drug-likeness (QED) is 0.722. The summed E-state index contributed by atoms with van der Waals surface area (Å²) < 4.78 is 31.4. The Labute approximate surface area is 155 Å². The Morgan fingerprint density at radius 1 is 1.15 bits per heavy atom. The van der Waals surface area contributed by atoms with Gasteiger partial charge in [-0.2, -0.15) is 0 Å². The highest BCUT2D eigenvalue weighted by Crippen LogP contribution is 2.29. The van der Waals surface area contributed by atoms with Crippen molar-refractivity contribution in [3.05, 3.63) is 48.0 Å². The van der Waals surface area contributed by atoms with Crippen LogP contribution in [0.3, 0.4) is 0 Å². The van der Waals surface area contributed by atoms with E-state index in [1.807, 2.05) is 0 Å². The van der Waals surface area contributed by atoms with Gasteiger partial charge < -0.3 is 4.74 Å². The van der Waals surface area contributed by atoms with Crippen LogP contribution < -0.4 is 10.1 Å². The number of carbonyl (C=O) groups excluding carboxylic acids is 1. The molecule has 0 fully saturated rings. The number of carbonyl (C=O) groups is 1. The number of nitrogens with zero attached hydrogens (tertiary/aromatic N) is 2. The predicted molar refractivity (Wildman–Crippen MR) is 101 cm³/mol. The minimum absolute atomic E-state index is 0.187. The highest BCUT2D eigenvalue weighted by molar-refractivity contribution is 7.89. The van der Waals surface area contributed by atoms with Gasteiger partial charge in [0.25, 0.3) is 5.91 Å². The lowest BCUT2D eigenvalue weighted by Crippen LogP contribution is -2.22. The van der Waals surface area contributed by atoms with Gasteiger partial charge in [0.2, 0.25) is 10.0 Å². The third-order valence-corrected chi connectivity index (χ3v) is 6.46. The zero-order valence-corrected chi connectivity index (χ0v) is 16.0. The predicted octanol–water partition coefficient (Wildman–Crippen LogP) is 2.81. The zero-order chi connectivity index (χ0) is 18.9. The van der Waals surface area contributed by atoms with Gasteiger partial charge in [0.15, 0.2) is 5.13 Å². The Kier molecular flexibility index (Phi) is 4.94. The van der Waals surface area contributed by atoms with E-state index in [4.69, 9.17) is 4.74 Å². The topological polar surface area (TPSA) is 88.6 Å². The van der Waals surface area contributed by atoms with Crippen LogP contribution in [0.4, 0.5) is 5.13 Å². The molecule has 0 unspecified atom stereocenters. The molecule has 0 saturated heterocycles. The molecule has 0 saturated carbocycles.